The molecule has 0 bridgehead atoms. The van der Waals surface area contributed by atoms with Crippen molar-refractivity contribution in [1.82, 2.24) is 18.9 Å². The quantitative estimate of drug-likeness (QED) is 0.403. The van der Waals surface area contributed by atoms with Gasteiger partial charge in [-0.25, -0.2) is 0 Å². The van der Waals surface area contributed by atoms with Gasteiger partial charge in [-0.2, -0.15) is 4.98 Å². The van der Waals surface area contributed by atoms with Gasteiger partial charge in [-0.1, -0.05) is 0 Å². The zero-order valence-corrected chi connectivity index (χ0v) is 15.6. The van der Waals surface area contributed by atoms with E-state index in [1.807, 2.05) is 40.9 Å². The van der Waals surface area contributed by atoms with E-state index in [4.69, 9.17) is 4.74 Å². The van der Waals surface area contributed by atoms with Crippen molar-refractivity contribution in [2.45, 2.75) is 13.0 Å². The van der Waals surface area contributed by atoms with Gasteiger partial charge in [0.2, 0.25) is 5.88 Å². The first-order valence-electron chi connectivity index (χ1n) is 8.56. The molecule has 7 nitrogen and oxygen atoms in total. The van der Waals surface area contributed by atoms with Crippen LogP contribution in [0.1, 0.15) is 6.42 Å². The summed E-state index contributed by atoms with van der Waals surface area (Å²) in [6, 6.07) is 11.3. The van der Waals surface area contributed by atoms with Crippen molar-refractivity contribution in [3.05, 3.63) is 65.3 Å². The zero-order valence-electron chi connectivity index (χ0n) is 14.9. The van der Waals surface area contributed by atoms with E-state index in [1.165, 1.54) is 0 Å². The van der Waals surface area contributed by atoms with E-state index in [2.05, 4.69) is 15.3 Å². The first-order valence-corrected chi connectivity index (χ1v) is 8.56. The molecular weight excluding hydrogens is 366 g/mol. The van der Waals surface area contributed by atoms with Gasteiger partial charge in [-0.05, 0) is 18.2 Å². The van der Waals surface area contributed by atoms with Crippen LogP contribution in [0.15, 0.2) is 59.8 Å². The van der Waals surface area contributed by atoms with E-state index in [9.17, 15) is 4.79 Å². The molecule has 4 aromatic rings. The van der Waals surface area contributed by atoms with Gasteiger partial charge in [0.15, 0.2) is 5.65 Å². The molecule has 4 heterocycles. The Hall–Kier alpha value is -2.90. The molecule has 0 saturated carbocycles. The summed E-state index contributed by atoms with van der Waals surface area (Å²) in [7, 11) is 1.59. The summed E-state index contributed by atoms with van der Waals surface area (Å²) in [5.41, 5.74) is 3.30. The van der Waals surface area contributed by atoms with Crippen LogP contribution in [0.4, 0.5) is 5.69 Å². The Bertz CT molecular complexity index is 1110. The first kappa shape index (κ1) is 18.9. The molecule has 4 aromatic heterocycles. The number of hydrogen-bond acceptors (Lipinski definition) is 4. The third-order valence-electron chi connectivity index (χ3n) is 4.44. The Labute approximate surface area is 162 Å². The molecule has 0 unspecified atom stereocenters. The molecule has 0 aliphatic heterocycles. The van der Waals surface area contributed by atoms with Crippen LogP contribution in [0.2, 0.25) is 0 Å². The molecule has 0 aromatic carbocycles. The van der Waals surface area contributed by atoms with E-state index in [1.54, 1.807) is 30.1 Å². The first-order chi connectivity index (χ1) is 12.8. The number of aromatic nitrogens is 4. The van der Waals surface area contributed by atoms with E-state index in [-0.39, 0.29) is 18.0 Å². The molecule has 2 N–H and O–H groups in total. The maximum absolute atomic E-state index is 12.9. The fraction of sp³-hybridized carbons (Fsp3) is 0.211. The molecule has 0 aliphatic carbocycles. The summed E-state index contributed by atoms with van der Waals surface area (Å²) < 4.78 is 8.87. The minimum Gasteiger partial charge on any atom is -1.00 e. The summed E-state index contributed by atoms with van der Waals surface area (Å²) in [5.74, 6) is 0.531. The number of ether oxygens (including phenoxy) is 1. The van der Waals surface area contributed by atoms with Crippen LogP contribution in [0.3, 0.4) is 0 Å². The van der Waals surface area contributed by atoms with Crippen LogP contribution >= 0.6 is 0 Å². The van der Waals surface area contributed by atoms with E-state index < -0.39 is 0 Å². The standard InChI is InChI=1S/C19H19N5O2.ClH/c1-26-17-6-5-15-18(22-17)23-12-2-4-16(23)19(25)24(15)13-3-9-21-14-7-10-20-11-8-14;/h2,4-8,10-12H,3,9,13H2,1H3,(H,20,21);1H. The van der Waals surface area contributed by atoms with Crippen molar-refractivity contribution in [2.24, 2.45) is 0 Å². The van der Waals surface area contributed by atoms with Crippen LogP contribution in [0, 0.1) is 0 Å². The average molecular weight is 386 g/mol. The van der Waals surface area contributed by atoms with Crippen molar-refractivity contribution < 1.29 is 22.5 Å². The van der Waals surface area contributed by atoms with Crippen molar-refractivity contribution >= 4 is 22.4 Å². The SMILES string of the molecule is COc1ccc2c(n1)n1cccc1c(=O)n2CCC[NH2+]c1ccncc1.[Cl-]. The van der Waals surface area contributed by atoms with Gasteiger partial charge >= 0.3 is 0 Å². The lowest BCUT2D eigenvalue weighted by molar-refractivity contribution is -0.572. The summed E-state index contributed by atoms with van der Waals surface area (Å²) in [6.45, 7) is 1.51. The van der Waals surface area contributed by atoms with Crippen LogP contribution in [-0.4, -0.2) is 32.6 Å². The van der Waals surface area contributed by atoms with Gasteiger partial charge < -0.3 is 27.0 Å². The summed E-state index contributed by atoms with van der Waals surface area (Å²) in [4.78, 5) is 21.4. The number of rotatable bonds is 6. The predicted molar refractivity (Wildman–Crippen MR) is 98.8 cm³/mol. The lowest BCUT2D eigenvalue weighted by atomic mass is 10.3. The number of methoxy groups -OCH3 is 1. The highest BCUT2D eigenvalue weighted by Crippen LogP contribution is 2.17. The zero-order chi connectivity index (χ0) is 17.9. The molecule has 0 atom stereocenters. The summed E-state index contributed by atoms with van der Waals surface area (Å²) in [6.07, 6.45) is 6.28. The maximum atomic E-state index is 12.9. The lowest BCUT2D eigenvalue weighted by Gasteiger charge is -2.12. The number of aryl methyl sites for hydroxylation is 1. The summed E-state index contributed by atoms with van der Waals surface area (Å²) in [5, 5.41) is 2.16. The number of pyridine rings is 2. The fourth-order valence-corrected chi connectivity index (χ4v) is 3.15. The molecule has 8 heteroatoms. The molecule has 0 saturated heterocycles. The maximum Gasteiger partial charge on any atom is 0.275 e. The molecule has 0 radical (unpaired) electrons. The average Bonchev–Trinajstić information content (AvgIpc) is 3.18. The van der Waals surface area contributed by atoms with E-state index >= 15 is 0 Å². The number of fused-ring (bicyclic) bond motifs is 3. The van der Waals surface area contributed by atoms with Gasteiger partial charge in [-0.3, -0.25) is 14.2 Å². The van der Waals surface area contributed by atoms with Crippen molar-refractivity contribution in [1.29, 1.82) is 0 Å². The summed E-state index contributed by atoms with van der Waals surface area (Å²) >= 11 is 0. The largest absolute Gasteiger partial charge is 1.00 e. The van der Waals surface area contributed by atoms with Crippen molar-refractivity contribution in [3.63, 3.8) is 0 Å². The molecule has 0 spiro atoms. The van der Waals surface area contributed by atoms with E-state index in [0.29, 0.717) is 17.9 Å². The Morgan fingerprint density at radius 2 is 1.93 bits per heavy atom. The normalized spacial score (nSPS) is 10.9. The number of quaternary nitrogens is 1. The molecular formula is C19H20ClN5O2. The smallest absolute Gasteiger partial charge is 0.275 e. The number of hydrogen-bond donors (Lipinski definition) is 1. The highest BCUT2D eigenvalue weighted by atomic mass is 35.5. The molecule has 27 heavy (non-hydrogen) atoms. The fourth-order valence-electron chi connectivity index (χ4n) is 3.15. The molecule has 0 amide bonds. The van der Waals surface area contributed by atoms with Gasteiger partial charge in [-0.15, -0.1) is 0 Å². The van der Waals surface area contributed by atoms with Crippen LogP contribution in [-0.2, 0) is 6.54 Å². The minimum atomic E-state index is -0.00150. The third-order valence-corrected chi connectivity index (χ3v) is 4.44. The van der Waals surface area contributed by atoms with Crippen LogP contribution in [0.5, 0.6) is 5.88 Å². The van der Waals surface area contributed by atoms with E-state index in [0.717, 1.165) is 29.8 Å². The van der Waals surface area contributed by atoms with Crippen molar-refractivity contribution in [2.75, 3.05) is 13.7 Å². The Morgan fingerprint density at radius 3 is 2.70 bits per heavy atom. The van der Waals surface area contributed by atoms with Gasteiger partial charge in [0.1, 0.15) is 11.2 Å². The Morgan fingerprint density at radius 1 is 1.11 bits per heavy atom. The van der Waals surface area contributed by atoms with Gasteiger partial charge in [0.25, 0.3) is 5.56 Å². The molecule has 4 rings (SSSR count). The highest BCUT2D eigenvalue weighted by molar-refractivity contribution is 5.75. The molecule has 140 valence electrons. The monoisotopic (exact) mass is 385 g/mol. The highest BCUT2D eigenvalue weighted by Gasteiger charge is 2.12. The van der Waals surface area contributed by atoms with Gasteiger partial charge in [0, 0.05) is 49.8 Å². The Balaban J connectivity index is 0.00000210. The second-order valence-corrected chi connectivity index (χ2v) is 6.04. The van der Waals surface area contributed by atoms with Crippen LogP contribution < -0.4 is 28.0 Å². The number of nitrogens with two attached hydrogens (primary N) is 1. The third kappa shape index (κ3) is 3.65. The molecule has 0 aliphatic rings. The van der Waals surface area contributed by atoms with Crippen molar-refractivity contribution in [3.8, 4) is 5.88 Å². The topological polar surface area (TPSA) is 78.0 Å². The van der Waals surface area contributed by atoms with Crippen LogP contribution in [0.25, 0.3) is 16.7 Å². The predicted octanol–water partition coefficient (Wildman–Crippen LogP) is -1.66. The second-order valence-electron chi connectivity index (χ2n) is 6.04. The second kappa shape index (κ2) is 8.20. The Kier molecular flexibility index (Phi) is 5.73. The minimum absolute atomic E-state index is 0. The molecule has 0 fully saturated rings. The number of nitrogens with zero attached hydrogens (tertiary/aromatic N) is 4. The number of halogens is 1. The lowest BCUT2D eigenvalue weighted by Crippen LogP contribution is -3.00. The van der Waals surface area contributed by atoms with Gasteiger partial charge in [0.05, 0.1) is 19.2 Å².